The lowest BCUT2D eigenvalue weighted by Crippen LogP contribution is -2.13. The van der Waals surface area contributed by atoms with Gasteiger partial charge in [0.25, 0.3) is 0 Å². The maximum atomic E-state index is 11.4. The second-order valence-electron chi connectivity index (χ2n) is 3.88. The van der Waals surface area contributed by atoms with E-state index in [1.807, 2.05) is 6.07 Å². The highest BCUT2D eigenvalue weighted by Gasteiger charge is 2.19. The van der Waals surface area contributed by atoms with E-state index in [2.05, 4.69) is 16.9 Å². The Hall–Kier alpha value is -2.67. The summed E-state index contributed by atoms with van der Waals surface area (Å²) in [6.07, 6.45) is 0.722. The van der Waals surface area contributed by atoms with Gasteiger partial charge in [0.05, 0.1) is 4.88 Å². The van der Waals surface area contributed by atoms with Crippen LogP contribution in [-0.4, -0.2) is 28.8 Å². The number of thiazole rings is 1. The summed E-state index contributed by atoms with van der Waals surface area (Å²) < 4.78 is 4.76. The molecule has 1 amide bonds. The van der Waals surface area contributed by atoms with E-state index in [0.29, 0.717) is 4.88 Å². The Bertz CT molecular complexity index is 667. The Kier molecular flexibility index (Phi) is 4.68. The van der Waals surface area contributed by atoms with Gasteiger partial charge in [-0.25, -0.2) is 14.6 Å². The number of hydrogen-bond donors (Lipinski definition) is 2. The molecule has 6 nitrogen and oxygen atoms in total. The van der Waals surface area contributed by atoms with Gasteiger partial charge in [-0.2, -0.15) is 0 Å². The molecule has 1 aromatic carbocycles. The topological polar surface area (TPSA) is 88.5 Å². The second-order valence-corrected chi connectivity index (χ2v) is 4.88. The molecule has 0 saturated carbocycles. The van der Waals surface area contributed by atoms with Gasteiger partial charge in [0.1, 0.15) is 6.61 Å². The Morgan fingerprint density at radius 2 is 2.10 bits per heavy atom. The summed E-state index contributed by atoms with van der Waals surface area (Å²) in [5.74, 6) is -1.15. The Labute approximate surface area is 124 Å². The van der Waals surface area contributed by atoms with Crippen molar-refractivity contribution in [1.29, 1.82) is 0 Å². The number of carboxylic acid groups (broad SMARTS) is 1. The minimum Gasteiger partial charge on any atom is -0.476 e. The molecule has 0 fully saturated rings. The van der Waals surface area contributed by atoms with Crippen LogP contribution in [0.15, 0.2) is 43.0 Å². The zero-order valence-corrected chi connectivity index (χ0v) is 11.7. The summed E-state index contributed by atoms with van der Waals surface area (Å²) in [6.45, 7) is 3.49. The highest BCUT2D eigenvalue weighted by molar-refractivity contribution is 7.19. The van der Waals surface area contributed by atoms with Gasteiger partial charge in [0.2, 0.25) is 0 Å². The molecule has 108 valence electrons. The summed E-state index contributed by atoms with van der Waals surface area (Å²) in [5.41, 5.74) is 0.616. The first-order chi connectivity index (χ1) is 10.1. The van der Waals surface area contributed by atoms with E-state index in [1.165, 1.54) is 6.08 Å². The molecule has 7 heteroatoms. The summed E-state index contributed by atoms with van der Waals surface area (Å²) >= 11 is 1.07. The van der Waals surface area contributed by atoms with E-state index >= 15 is 0 Å². The zero-order valence-electron chi connectivity index (χ0n) is 10.9. The highest BCUT2D eigenvalue weighted by Crippen LogP contribution is 2.33. The van der Waals surface area contributed by atoms with Crippen molar-refractivity contribution >= 4 is 28.5 Å². The van der Waals surface area contributed by atoms with E-state index in [9.17, 15) is 14.7 Å². The van der Waals surface area contributed by atoms with E-state index in [0.717, 1.165) is 16.9 Å². The molecule has 0 radical (unpaired) electrons. The van der Waals surface area contributed by atoms with Crippen LogP contribution < -0.4 is 5.32 Å². The first-order valence-electron chi connectivity index (χ1n) is 5.96. The van der Waals surface area contributed by atoms with Gasteiger partial charge in [-0.05, 0) is 5.56 Å². The molecular weight excluding hydrogens is 292 g/mol. The Morgan fingerprint density at radius 1 is 1.38 bits per heavy atom. The number of aromatic nitrogens is 1. The summed E-state index contributed by atoms with van der Waals surface area (Å²) in [7, 11) is 0. The van der Waals surface area contributed by atoms with Crippen LogP contribution in [0.3, 0.4) is 0 Å². The predicted molar refractivity (Wildman–Crippen MR) is 79.7 cm³/mol. The lowest BCUT2D eigenvalue weighted by Gasteiger charge is -2.00. The summed E-state index contributed by atoms with van der Waals surface area (Å²) in [6, 6.07) is 8.98. The molecule has 0 unspecified atom stereocenters. The molecule has 0 aliphatic carbocycles. The van der Waals surface area contributed by atoms with Gasteiger partial charge >= 0.3 is 12.1 Å². The molecule has 0 spiro atoms. The molecule has 2 rings (SSSR count). The molecule has 2 aromatic rings. The highest BCUT2D eigenvalue weighted by atomic mass is 32.1. The van der Waals surface area contributed by atoms with Crippen LogP contribution >= 0.6 is 11.3 Å². The van der Waals surface area contributed by atoms with Crippen LogP contribution in [-0.2, 0) is 4.74 Å². The number of anilines is 1. The molecule has 21 heavy (non-hydrogen) atoms. The number of nitrogens with zero attached hydrogens (tertiary/aromatic N) is 1. The molecule has 0 atom stereocenters. The third-order valence-corrected chi connectivity index (χ3v) is 3.43. The van der Waals surface area contributed by atoms with Crippen molar-refractivity contribution in [3.05, 3.63) is 48.7 Å². The number of rotatable bonds is 5. The molecular formula is C14H12N2O4S. The fraction of sp³-hybridized carbons (Fsp3) is 0.0714. The van der Waals surface area contributed by atoms with Crippen LogP contribution in [0.25, 0.3) is 10.4 Å². The number of hydrogen-bond acceptors (Lipinski definition) is 5. The Balaban J connectivity index is 2.28. The normalized spacial score (nSPS) is 9.90. The number of nitrogens with one attached hydrogen (secondary N) is 1. The van der Waals surface area contributed by atoms with Crippen LogP contribution in [0.1, 0.15) is 10.5 Å². The molecule has 0 bridgehead atoms. The third-order valence-electron chi connectivity index (χ3n) is 2.41. The standard InChI is InChI=1S/C14H12N2O4S/c1-2-8-20-14(19)16-13-15-10(12(17)18)11(21-13)9-6-4-3-5-7-9/h2-7H,1,8H2,(H,17,18)(H,15,16,19). The maximum Gasteiger partial charge on any atom is 0.413 e. The van der Waals surface area contributed by atoms with Gasteiger partial charge < -0.3 is 9.84 Å². The molecule has 1 aromatic heterocycles. The number of ether oxygens (including phenoxy) is 1. The SMILES string of the molecule is C=CCOC(=O)Nc1nc(C(=O)O)c(-c2ccccc2)s1. The van der Waals surface area contributed by atoms with Crippen LogP contribution in [0.4, 0.5) is 9.93 Å². The zero-order chi connectivity index (χ0) is 15.2. The van der Waals surface area contributed by atoms with E-state index in [4.69, 9.17) is 4.74 Å². The largest absolute Gasteiger partial charge is 0.476 e. The third kappa shape index (κ3) is 3.67. The van der Waals surface area contributed by atoms with Crippen LogP contribution in [0.2, 0.25) is 0 Å². The number of carbonyl (C=O) groups is 2. The predicted octanol–water partition coefficient (Wildman–Crippen LogP) is 3.24. The maximum absolute atomic E-state index is 11.4. The minimum absolute atomic E-state index is 0.0640. The number of carboxylic acids is 1. The molecule has 0 saturated heterocycles. The molecule has 2 N–H and O–H groups in total. The van der Waals surface area contributed by atoms with Crippen molar-refractivity contribution in [3.63, 3.8) is 0 Å². The number of aromatic carboxylic acids is 1. The lowest BCUT2D eigenvalue weighted by atomic mass is 10.1. The van der Waals surface area contributed by atoms with Gasteiger partial charge in [-0.1, -0.05) is 54.3 Å². The molecule has 0 aliphatic rings. The molecule has 0 aliphatic heterocycles. The average Bonchev–Trinajstić information content (AvgIpc) is 2.90. The first-order valence-corrected chi connectivity index (χ1v) is 6.77. The van der Waals surface area contributed by atoms with E-state index < -0.39 is 12.1 Å². The van der Waals surface area contributed by atoms with Crippen molar-refractivity contribution < 1.29 is 19.4 Å². The number of carbonyl (C=O) groups excluding carboxylic acids is 1. The second kappa shape index (κ2) is 6.67. The molecule has 1 heterocycles. The van der Waals surface area contributed by atoms with Gasteiger partial charge in [-0.15, -0.1) is 0 Å². The summed E-state index contributed by atoms with van der Waals surface area (Å²) in [5, 5.41) is 11.8. The van der Waals surface area contributed by atoms with E-state index in [-0.39, 0.29) is 17.4 Å². The lowest BCUT2D eigenvalue weighted by molar-refractivity contribution is 0.0692. The fourth-order valence-corrected chi connectivity index (χ4v) is 2.51. The van der Waals surface area contributed by atoms with Gasteiger partial charge in [0.15, 0.2) is 10.8 Å². The van der Waals surface area contributed by atoms with Crippen molar-refractivity contribution in [2.24, 2.45) is 0 Å². The average molecular weight is 304 g/mol. The number of benzene rings is 1. The minimum atomic E-state index is -1.15. The number of amides is 1. The van der Waals surface area contributed by atoms with Gasteiger partial charge in [-0.3, -0.25) is 5.32 Å². The smallest absolute Gasteiger partial charge is 0.413 e. The van der Waals surface area contributed by atoms with Crippen molar-refractivity contribution in [1.82, 2.24) is 4.98 Å². The van der Waals surface area contributed by atoms with E-state index in [1.54, 1.807) is 24.3 Å². The van der Waals surface area contributed by atoms with Crippen LogP contribution in [0, 0.1) is 0 Å². The monoisotopic (exact) mass is 304 g/mol. The van der Waals surface area contributed by atoms with Crippen LogP contribution in [0.5, 0.6) is 0 Å². The summed E-state index contributed by atoms with van der Waals surface area (Å²) in [4.78, 5) is 27.1. The Morgan fingerprint density at radius 3 is 2.71 bits per heavy atom. The van der Waals surface area contributed by atoms with Crippen molar-refractivity contribution in [2.75, 3.05) is 11.9 Å². The van der Waals surface area contributed by atoms with Crippen molar-refractivity contribution in [3.8, 4) is 10.4 Å². The quantitative estimate of drug-likeness (QED) is 0.828. The fourth-order valence-electron chi connectivity index (χ4n) is 1.56. The van der Waals surface area contributed by atoms with Crippen molar-refractivity contribution in [2.45, 2.75) is 0 Å². The first kappa shape index (κ1) is 14.7. The van der Waals surface area contributed by atoms with Gasteiger partial charge in [0, 0.05) is 0 Å².